The highest BCUT2D eigenvalue weighted by molar-refractivity contribution is 5.98. The van der Waals surface area contributed by atoms with E-state index in [9.17, 15) is 4.79 Å². The summed E-state index contributed by atoms with van der Waals surface area (Å²) in [5.74, 6) is 0.500. The van der Waals surface area contributed by atoms with Gasteiger partial charge in [-0.1, -0.05) is 43.2 Å². The first-order valence-electron chi connectivity index (χ1n) is 7.54. The van der Waals surface area contributed by atoms with Crippen LogP contribution in [0.15, 0.2) is 24.3 Å². The second kappa shape index (κ2) is 6.85. The molecule has 2 heteroatoms. The van der Waals surface area contributed by atoms with Crippen molar-refractivity contribution in [3.63, 3.8) is 0 Å². The minimum Gasteiger partial charge on any atom is -0.303 e. The van der Waals surface area contributed by atoms with Crippen molar-refractivity contribution in [2.24, 2.45) is 5.92 Å². The lowest BCUT2D eigenvalue weighted by Crippen LogP contribution is -2.31. The van der Waals surface area contributed by atoms with E-state index in [4.69, 9.17) is 0 Å². The van der Waals surface area contributed by atoms with Gasteiger partial charge >= 0.3 is 0 Å². The Bertz CT molecular complexity index is 404. The summed E-state index contributed by atoms with van der Waals surface area (Å²) in [6, 6.07) is 8.02. The largest absolute Gasteiger partial charge is 0.303 e. The number of carbonyl (C=O) groups is 1. The van der Waals surface area contributed by atoms with Crippen LogP contribution in [0.1, 0.15) is 48.5 Å². The maximum absolute atomic E-state index is 12.6. The van der Waals surface area contributed by atoms with Gasteiger partial charge in [0.25, 0.3) is 0 Å². The molecule has 0 saturated carbocycles. The van der Waals surface area contributed by atoms with E-state index in [1.54, 1.807) is 0 Å². The molecule has 1 saturated heterocycles. The summed E-state index contributed by atoms with van der Waals surface area (Å²) in [5, 5.41) is 0. The minimum atomic E-state index is 0.172. The fourth-order valence-electron chi connectivity index (χ4n) is 2.88. The van der Waals surface area contributed by atoms with E-state index in [-0.39, 0.29) is 5.92 Å². The Hall–Kier alpha value is -1.15. The number of benzene rings is 1. The number of likely N-dealkylation sites (tertiary alicyclic amines) is 1. The summed E-state index contributed by atoms with van der Waals surface area (Å²) >= 11 is 0. The molecule has 0 radical (unpaired) electrons. The first-order valence-corrected chi connectivity index (χ1v) is 7.54. The smallest absolute Gasteiger partial charge is 0.167 e. The Balaban J connectivity index is 2.04. The molecule has 0 aromatic heterocycles. The lowest BCUT2D eigenvalue weighted by Gasteiger charge is -2.22. The molecule has 0 spiro atoms. The summed E-state index contributed by atoms with van der Waals surface area (Å²) in [7, 11) is 0. The number of carbonyl (C=O) groups excluding carboxylic acids is 1. The molecule has 1 aromatic carbocycles. The maximum Gasteiger partial charge on any atom is 0.167 e. The van der Waals surface area contributed by atoms with Crippen molar-refractivity contribution >= 4 is 5.78 Å². The highest BCUT2D eigenvalue weighted by Crippen LogP contribution is 2.19. The molecule has 1 aromatic rings. The molecule has 2 rings (SSSR count). The van der Waals surface area contributed by atoms with Gasteiger partial charge in [-0.3, -0.25) is 4.79 Å². The Morgan fingerprint density at radius 2 is 1.84 bits per heavy atom. The molecule has 1 heterocycles. The molecule has 1 unspecified atom stereocenters. The zero-order valence-electron chi connectivity index (χ0n) is 12.2. The molecule has 0 amide bonds. The molecule has 1 atom stereocenters. The molecular weight excluding hydrogens is 234 g/mol. The van der Waals surface area contributed by atoms with Crippen LogP contribution in [-0.2, 0) is 0 Å². The molecule has 104 valence electrons. The van der Waals surface area contributed by atoms with Gasteiger partial charge in [0, 0.05) is 18.0 Å². The number of Topliss-reactive ketones (excluding diaryl/α,β-unsaturated/α-hetero) is 1. The first-order chi connectivity index (χ1) is 9.20. The maximum atomic E-state index is 12.6. The quantitative estimate of drug-likeness (QED) is 0.726. The van der Waals surface area contributed by atoms with Gasteiger partial charge in [0.1, 0.15) is 0 Å². The van der Waals surface area contributed by atoms with Gasteiger partial charge in [0.05, 0.1) is 0 Å². The number of hydrogen-bond donors (Lipinski definition) is 0. The summed E-state index contributed by atoms with van der Waals surface area (Å²) in [6.07, 6.45) is 4.66. The second-order valence-electron chi connectivity index (χ2n) is 5.72. The number of nitrogens with zero attached hydrogens (tertiary/aromatic N) is 1. The molecule has 1 fully saturated rings. The zero-order chi connectivity index (χ0) is 13.7. The third kappa shape index (κ3) is 3.90. The Labute approximate surface area is 116 Å². The standard InChI is InChI=1S/C17H25NO/c1-3-6-16(13-18-11-4-5-12-18)17(19)15-9-7-14(2)8-10-15/h7-10,16H,3-6,11-13H2,1-2H3. The van der Waals surface area contributed by atoms with Crippen molar-refractivity contribution in [2.45, 2.75) is 39.5 Å². The van der Waals surface area contributed by atoms with Gasteiger partial charge in [-0.2, -0.15) is 0 Å². The molecule has 1 aliphatic heterocycles. The van der Waals surface area contributed by atoms with E-state index in [0.717, 1.165) is 24.9 Å². The van der Waals surface area contributed by atoms with Crippen LogP contribution in [0.25, 0.3) is 0 Å². The Morgan fingerprint density at radius 1 is 1.21 bits per heavy atom. The van der Waals surface area contributed by atoms with E-state index in [2.05, 4.69) is 18.7 Å². The SMILES string of the molecule is CCCC(CN1CCCC1)C(=O)c1ccc(C)cc1. The molecule has 1 aliphatic rings. The highest BCUT2D eigenvalue weighted by atomic mass is 16.1. The van der Waals surface area contributed by atoms with E-state index in [0.29, 0.717) is 5.78 Å². The van der Waals surface area contributed by atoms with Crippen LogP contribution in [0.4, 0.5) is 0 Å². The Morgan fingerprint density at radius 3 is 2.42 bits per heavy atom. The van der Waals surface area contributed by atoms with Crippen LogP contribution in [0.3, 0.4) is 0 Å². The fourth-order valence-corrected chi connectivity index (χ4v) is 2.88. The monoisotopic (exact) mass is 259 g/mol. The van der Waals surface area contributed by atoms with Gasteiger partial charge in [0.15, 0.2) is 5.78 Å². The first kappa shape index (κ1) is 14.3. The van der Waals surface area contributed by atoms with Crippen molar-refractivity contribution < 1.29 is 4.79 Å². The van der Waals surface area contributed by atoms with Crippen molar-refractivity contribution in [2.75, 3.05) is 19.6 Å². The topological polar surface area (TPSA) is 20.3 Å². The van der Waals surface area contributed by atoms with Crippen molar-refractivity contribution in [1.82, 2.24) is 4.90 Å². The van der Waals surface area contributed by atoms with E-state index in [1.165, 1.54) is 31.5 Å². The molecule has 19 heavy (non-hydrogen) atoms. The van der Waals surface area contributed by atoms with Gasteiger partial charge in [-0.05, 0) is 39.3 Å². The zero-order valence-corrected chi connectivity index (χ0v) is 12.2. The fraction of sp³-hybridized carbons (Fsp3) is 0.588. The van der Waals surface area contributed by atoms with Gasteiger partial charge in [-0.25, -0.2) is 0 Å². The van der Waals surface area contributed by atoms with Crippen LogP contribution in [-0.4, -0.2) is 30.3 Å². The molecule has 0 N–H and O–H groups in total. The van der Waals surface area contributed by atoms with Crippen LogP contribution < -0.4 is 0 Å². The van der Waals surface area contributed by atoms with Crippen LogP contribution in [0, 0.1) is 12.8 Å². The van der Waals surface area contributed by atoms with Gasteiger partial charge < -0.3 is 4.90 Å². The predicted octanol–water partition coefficient (Wildman–Crippen LogP) is 3.69. The van der Waals surface area contributed by atoms with Crippen molar-refractivity contribution in [3.05, 3.63) is 35.4 Å². The average molecular weight is 259 g/mol. The van der Waals surface area contributed by atoms with Gasteiger partial charge in [0.2, 0.25) is 0 Å². The summed E-state index contributed by atoms with van der Waals surface area (Å²) in [5.41, 5.74) is 2.09. The number of hydrogen-bond acceptors (Lipinski definition) is 2. The van der Waals surface area contributed by atoms with E-state index >= 15 is 0 Å². The number of ketones is 1. The average Bonchev–Trinajstić information content (AvgIpc) is 2.91. The van der Waals surface area contributed by atoms with E-state index < -0.39 is 0 Å². The summed E-state index contributed by atoms with van der Waals surface area (Å²) in [6.45, 7) is 7.50. The third-order valence-electron chi connectivity index (χ3n) is 4.02. The van der Waals surface area contributed by atoms with E-state index in [1.807, 2.05) is 24.3 Å². The predicted molar refractivity (Wildman–Crippen MR) is 79.6 cm³/mol. The third-order valence-corrected chi connectivity index (χ3v) is 4.02. The molecule has 0 aliphatic carbocycles. The normalized spacial score (nSPS) is 17.6. The molecule has 2 nitrogen and oxygen atoms in total. The van der Waals surface area contributed by atoms with Crippen LogP contribution in [0.2, 0.25) is 0 Å². The molecule has 0 bridgehead atoms. The van der Waals surface area contributed by atoms with Gasteiger partial charge in [-0.15, -0.1) is 0 Å². The minimum absolute atomic E-state index is 0.172. The van der Waals surface area contributed by atoms with Crippen LogP contribution >= 0.6 is 0 Å². The number of aryl methyl sites for hydroxylation is 1. The summed E-state index contributed by atoms with van der Waals surface area (Å²) in [4.78, 5) is 15.1. The summed E-state index contributed by atoms with van der Waals surface area (Å²) < 4.78 is 0. The van der Waals surface area contributed by atoms with Crippen molar-refractivity contribution in [3.8, 4) is 0 Å². The van der Waals surface area contributed by atoms with Crippen molar-refractivity contribution in [1.29, 1.82) is 0 Å². The molecular formula is C17H25NO. The highest BCUT2D eigenvalue weighted by Gasteiger charge is 2.23. The number of rotatable bonds is 6. The lowest BCUT2D eigenvalue weighted by molar-refractivity contribution is 0.0880. The Kier molecular flexibility index (Phi) is 5.15. The second-order valence-corrected chi connectivity index (χ2v) is 5.72. The van der Waals surface area contributed by atoms with Crippen LogP contribution in [0.5, 0.6) is 0 Å². The lowest BCUT2D eigenvalue weighted by atomic mass is 9.92.